The number of morpholine rings is 1. The molecule has 2 aromatic heterocycles. The third kappa shape index (κ3) is 3.41. The quantitative estimate of drug-likeness (QED) is 0.826. The van der Waals surface area contributed by atoms with Crippen LogP contribution in [0.3, 0.4) is 0 Å². The molecule has 5 rings (SSSR count). The summed E-state index contributed by atoms with van der Waals surface area (Å²) in [5, 5.41) is 1.22. The number of nitrogens with one attached hydrogen (secondary N) is 2. The molecule has 0 bridgehead atoms. The Morgan fingerprint density at radius 3 is 3.11 bits per heavy atom. The molecular formula is C21H27N5OS. The summed E-state index contributed by atoms with van der Waals surface area (Å²) in [5.74, 6) is 3.33. The first kappa shape index (κ1) is 18.4. The van der Waals surface area contributed by atoms with Gasteiger partial charge in [0.25, 0.3) is 0 Å². The summed E-state index contributed by atoms with van der Waals surface area (Å²) in [6, 6.07) is 4.97. The van der Waals surface area contributed by atoms with E-state index in [1.165, 1.54) is 22.3 Å². The number of ether oxygens (including phenoxy) is 1. The number of hydrogen-bond acceptors (Lipinski definition) is 7. The Morgan fingerprint density at radius 1 is 1.36 bits per heavy atom. The molecule has 3 aliphatic heterocycles. The molecule has 2 atom stereocenters. The maximum absolute atomic E-state index is 5.66. The number of anilines is 1. The van der Waals surface area contributed by atoms with Gasteiger partial charge in [0.05, 0.1) is 36.5 Å². The number of rotatable bonds is 3. The van der Waals surface area contributed by atoms with E-state index < -0.39 is 0 Å². The molecule has 0 aliphatic carbocycles. The van der Waals surface area contributed by atoms with Crippen LogP contribution in [0.2, 0.25) is 0 Å². The van der Waals surface area contributed by atoms with Crippen molar-refractivity contribution in [1.29, 1.82) is 0 Å². The predicted molar refractivity (Wildman–Crippen MR) is 116 cm³/mol. The zero-order chi connectivity index (χ0) is 18.9. The first-order valence-corrected chi connectivity index (χ1v) is 11.4. The van der Waals surface area contributed by atoms with E-state index in [1.54, 1.807) is 0 Å². The number of nitrogens with zero attached hydrogens (tertiary/aromatic N) is 3. The van der Waals surface area contributed by atoms with Gasteiger partial charge >= 0.3 is 0 Å². The molecule has 6 nitrogen and oxygen atoms in total. The summed E-state index contributed by atoms with van der Waals surface area (Å²) in [6.45, 7) is 5.56. The zero-order valence-corrected chi connectivity index (χ0v) is 17.1. The Labute approximate surface area is 170 Å². The number of pyridine rings is 2. The van der Waals surface area contributed by atoms with Gasteiger partial charge in [0.15, 0.2) is 0 Å². The zero-order valence-electron chi connectivity index (χ0n) is 16.3. The lowest BCUT2D eigenvalue weighted by Gasteiger charge is -2.35. The third-order valence-electron chi connectivity index (χ3n) is 5.88. The Bertz CT molecular complexity index is 896. The summed E-state index contributed by atoms with van der Waals surface area (Å²) in [7, 11) is 0. The van der Waals surface area contributed by atoms with Crippen molar-refractivity contribution in [2.24, 2.45) is 0 Å². The van der Waals surface area contributed by atoms with Crippen LogP contribution >= 0.6 is 11.8 Å². The summed E-state index contributed by atoms with van der Waals surface area (Å²) in [5.41, 5.74) is 11.5. The number of thioether (sulfide) groups is 1. The van der Waals surface area contributed by atoms with Crippen molar-refractivity contribution in [3.05, 3.63) is 35.7 Å². The molecule has 0 aromatic carbocycles. The molecule has 7 heteroatoms. The number of allylic oxidation sites excluding steroid dienone is 1. The average Bonchev–Trinajstić information content (AvgIpc) is 3.28. The van der Waals surface area contributed by atoms with Crippen molar-refractivity contribution in [1.82, 2.24) is 20.8 Å². The molecule has 3 aliphatic rings. The van der Waals surface area contributed by atoms with Gasteiger partial charge in [0.2, 0.25) is 0 Å². The summed E-state index contributed by atoms with van der Waals surface area (Å²) >= 11 is 2.01. The normalized spacial score (nSPS) is 25.9. The molecule has 2 aromatic rings. The highest BCUT2D eigenvalue weighted by Crippen LogP contribution is 2.36. The van der Waals surface area contributed by atoms with Gasteiger partial charge in [-0.3, -0.25) is 10.4 Å². The second-order valence-corrected chi connectivity index (χ2v) is 8.85. The van der Waals surface area contributed by atoms with E-state index in [1.807, 2.05) is 18.0 Å². The Morgan fingerprint density at radius 2 is 2.32 bits per heavy atom. The van der Waals surface area contributed by atoms with Crippen LogP contribution in [0, 0.1) is 0 Å². The largest absolute Gasteiger partial charge is 0.377 e. The second-order valence-electron chi connectivity index (χ2n) is 7.70. The first-order chi connectivity index (χ1) is 13.8. The van der Waals surface area contributed by atoms with Crippen molar-refractivity contribution in [2.45, 2.75) is 31.8 Å². The summed E-state index contributed by atoms with van der Waals surface area (Å²) in [6.07, 6.45) is 6.48. The van der Waals surface area contributed by atoms with Gasteiger partial charge in [-0.2, -0.15) is 11.8 Å². The minimum absolute atomic E-state index is 0.206. The number of fused-ring (bicyclic) bond motifs is 1. The second kappa shape index (κ2) is 7.99. The fraction of sp³-hybridized carbons (Fsp3) is 0.524. The minimum Gasteiger partial charge on any atom is -0.377 e. The highest BCUT2D eigenvalue weighted by molar-refractivity contribution is 7.99. The third-order valence-corrected chi connectivity index (χ3v) is 6.77. The Kier molecular flexibility index (Phi) is 5.24. The van der Waals surface area contributed by atoms with E-state index in [9.17, 15) is 0 Å². The van der Waals surface area contributed by atoms with E-state index in [4.69, 9.17) is 14.7 Å². The Balaban J connectivity index is 1.69. The summed E-state index contributed by atoms with van der Waals surface area (Å²) < 4.78 is 5.66. The maximum Gasteiger partial charge on any atom is 0.130 e. The van der Waals surface area contributed by atoms with E-state index in [0.717, 1.165) is 61.9 Å². The van der Waals surface area contributed by atoms with E-state index in [2.05, 4.69) is 40.9 Å². The van der Waals surface area contributed by atoms with Gasteiger partial charge in [-0.15, -0.1) is 0 Å². The predicted octanol–water partition coefficient (Wildman–Crippen LogP) is 2.91. The Hall–Kier alpha value is -1.67. The highest BCUT2D eigenvalue weighted by Gasteiger charge is 2.26. The average molecular weight is 398 g/mol. The first-order valence-electron chi connectivity index (χ1n) is 10.2. The summed E-state index contributed by atoms with van der Waals surface area (Å²) in [4.78, 5) is 12.3. The molecule has 2 fully saturated rings. The lowest BCUT2D eigenvalue weighted by molar-refractivity contribution is 0.0985. The standard InChI is InChI=1S/C21H27N5OS/c1-14-13-27-9-8-26(14)19-12-17(15-4-10-28-11-5-15)16-2-6-22-21(20(16)24-19)18-3-7-23-25-18/h2,4,6,12,14,18,23,25H,3,5,7-11,13H2,1H3/t14-,18?/m1/s1. The van der Waals surface area contributed by atoms with Gasteiger partial charge in [0, 0.05) is 30.4 Å². The number of aromatic nitrogens is 2. The van der Waals surface area contributed by atoms with Crippen LogP contribution in [-0.2, 0) is 4.74 Å². The fourth-order valence-electron chi connectivity index (χ4n) is 4.35. The van der Waals surface area contributed by atoms with E-state index in [-0.39, 0.29) is 6.04 Å². The molecular weight excluding hydrogens is 370 g/mol. The molecule has 0 saturated carbocycles. The van der Waals surface area contributed by atoms with E-state index in [0.29, 0.717) is 6.04 Å². The molecule has 0 spiro atoms. The van der Waals surface area contributed by atoms with E-state index >= 15 is 0 Å². The molecule has 2 N–H and O–H groups in total. The van der Waals surface area contributed by atoms with Crippen molar-refractivity contribution in [2.75, 3.05) is 42.7 Å². The van der Waals surface area contributed by atoms with Crippen molar-refractivity contribution < 1.29 is 4.74 Å². The van der Waals surface area contributed by atoms with Crippen LogP contribution in [0.4, 0.5) is 5.82 Å². The van der Waals surface area contributed by atoms with Crippen LogP contribution in [0.25, 0.3) is 16.5 Å². The maximum atomic E-state index is 5.66. The molecule has 5 heterocycles. The molecule has 148 valence electrons. The lowest BCUT2D eigenvalue weighted by Crippen LogP contribution is -2.44. The molecule has 2 saturated heterocycles. The van der Waals surface area contributed by atoms with Crippen LogP contribution < -0.4 is 15.8 Å². The smallest absolute Gasteiger partial charge is 0.130 e. The van der Waals surface area contributed by atoms with Crippen LogP contribution in [0.1, 0.15) is 37.1 Å². The minimum atomic E-state index is 0.206. The number of hydrogen-bond donors (Lipinski definition) is 2. The van der Waals surface area contributed by atoms with Gasteiger partial charge in [0.1, 0.15) is 5.82 Å². The van der Waals surface area contributed by atoms with Gasteiger partial charge in [-0.25, -0.2) is 10.4 Å². The highest BCUT2D eigenvalue weighted by atomic mass is 32.2. The van der Waals surface area contributed by atoms with Crippen molar-refractivity contribution >= 4 is 34.1 Å². The molecule has 1 unspecified atom stereocenters. The lowest BCUT2D eigenvalue weighted by atomic mass is 9.97. The van der Waals surface area contributed by atoms with Gasteiger partial charge < -0.3 is 9.64 Å². The molecule has 28 heavy (non-hydrogen) atoms. The van der Waals surface area contributed by atoms with Gasteiger partial charge in [-0.05, 0) is 48.8 Å². The van der Waals surface area contributed by atoms with Crippen molar-refractivity contribution in [3.63, 3.8) is 0 Å². The SMILES string of the molecule is C[C@@H]1COCCN1c1cc(C2=CCSCC2)c2ccnc(C3CCNN3)c2n1. The monoisotopic (exact) mass is 397 g/mol. The molecule has 0 amide bonds. The van der Waals surface area contributed by atoms with Crippen LogP contribution in [0.5, 0.6) is 0 Å². The number of hydrazine groups is 1. The van der Waals surface area contributed by atoms with Crippen molar-refractivity contribution in [3.8, 4) is 0 Å². The van der Waals surface area contributed by atoms with Gasteiger partial charge in [-0.1, -0.05) is 6.08 Å². The molecule has 0 radical (unpaired) electrons. The topological polar surface area (TPSA) is 62.3 Å². The van der Waals surface area contributed by atoms with Crippen LogP contribution in [0.15, 0.2) is 24.4 Å². The van der Waals surface area contributed by atoms with Crippen LogP contribution in [-0.4, -0.2) is 53.8 Å². The fourth-order valence-corrected chi connectivity index (χ4v) is 5.20.